The molecule has 0 aliphatic carbocycles. The molecular weight excluding hydrogens is 273 g/mol. The summed E-state index contributed by atoms with van der Waals surface area (Å²) in [7, 11) is 1.87. The number of hydrogen-bond acceptors (Lipinski definition) is 2. The molecule has 2 atom stereocenters. The first kappa shape index (κ1) is 16.6. The van der Waals surface area contributed by atoms with Gasteiger partial charge in [0.15, 0.2) is 0 Å². The van der Waals surface area contributed by atoms with Gasteiger partial charge in [-0.15, -0.1) is 0 Å². The van der Waals surface area contributed by atoms with Crippen LogP contribution in [0.15, 0.2) is 18.3 Å². The highest BCUT2D eigenvalue weighted by Gasteiger charge is 2.55. The molecule has 7 heteroatoms. The maximum atomic E-state index is 12.5. The molecule has 1 amide bonds. The summed E-state index contributed by atoms with van der Waals surface area (Å²) in [5, 5.41) is 11.4. The summed E-state index contributed by atoms with van der Waals surface area (Å²) >= 11 is 0. The van der Waals surface area contributed by atoms with Crippen molar-refractivity contribution in [2.75, 3.05) is 0 Å². The Morgan fingerprint density at radius 1 is 1.50 bits per heavy atom. The van der Waals surface area contributed by atoms with E-state index in [1.54, 1.807) is 6.92 Å². The summed E-state index contributed by atoms with van der Waals surface area (Å²) in [6.45, 7) is 2.06. The Kier molecular flexibility index (Phi) is 4.86. The summed E-state index contributed by atoms with van der Waals surface area (Å²) in [5.74, 6) is -1.43. The summed E-state index contributed by atoms with van der Waals surface area (Å²) in [6.07, 6.45) is -2.02. The second kappa shape index (κ2) is 5.87. The number of nitrogens with one attached hydrogen (secondary N) is 1. The molecule has 2 N–H and O–H groups in total. The van der Waals surface area contributed by atoms with Crippen LogP contribution in [0.2, 0.25) is 0 Å². The molecule has 0 aliphatic heterocycles. The van der Waals surface area contributed by atoms with Crippen LogP contribution in [0, 0.1) is 0 Å². The first-order valence-electron chi connectivity index (χ1n) is 6.26. The molecule has 0 saturated heterocycles. The van der Waals surface area contributed by atoms with E-state index in [9.17, 15) is 23.1 Å². The zero-order chi connectivity index (χ0) is 15.6. The zero-order valence-corrected chi connectivity index (χ0v) is 11.7. The molecule has 1 aromatic heterocycles. The predicted molar refractivity (Wildman–Crippen MR) is 68.0 cm³/mol. The van der Waals surface area contributed by atoms with Gasteiger partial charge in [0, 0.05) is 25.0 Å². The van der Waals surface area contributed by atoms with Crippen molar-refractivity contribution in [3.05, 3.63) is 24.0 Å². The molecule has 0 bridgehead atoms. The molecule has 0 fully saturated rings. The minimum Gasteiger partial charge on any atom is -0.373 e. The lowest BCUT2D eigenvalue weighted by atomic mass is 10.0. The van der Waals surface area contributed by atoms with Gasteiger partial charge in [-0.3, -0.25) is 4.79 Å². The van der Waals surface area contributed by atoms with Crippen molar-refractivity contribution >= 4 is 5.91 Å². The van der Waals surface area contributed by atoms with Crippen LogP contribution in [-0.2, 0) is 18.3 Å². The van der Waals surface area contributed by atoms with Crippen LogP contribution in [0.1, 0.15) is 26.0 Å². The Labute approximate surface area is 115 Å². The molecule has 4 nitrogen and oxygen atoms in total. The topological polar surface area (TPSA) is 54.3 Å². The maximum absolute atomic E-state index is 12.5. The third-order valence-corrected chi connectivity index (χ3v) is 3.26. The van der Waals surface area contributed by atoms with Gasteiger partial charge in [0.05, 0.1) is 0 Å². The van der Waals surface area contributed by atoms with Crippen LogP contribution >= 0.6 is 0 Å². The SMILES string of the molecule is CC(CCc1cccn1C)NC(=O)C(C)(O)C(F)(F)F. The van der Waals surface area contributed by atoms with Crippen molar-refractivity contribution in [1.82, 2.24) is 9.88 Å². The van der Waals surface area contributed by atoms with Crippen LogP contribution in [0.3, 0.4) is 0 Å². The van der Waals surface area contributed by atoms with Gasteiger partial charge in [-0.25, -0.2) is 0 Å². The number of aromatic nitrogens is 1. The summed E-state index contributed by atoms with van der Waals surface area (Å²) < 4.78 is 39.3. The summed E-state index contributed by atoms with van der Waals surface area (Å²) in [6, 6.07) is 3.30. The Bertz CT molecular complexity index is 466. The first-order valence-corrected chi connectivity index (χ1v) is 6.26. The van der Waals surface area contributed by atoms with Crippen LogP contribution in [0.5, 0.6) is 0 Å². The molecule has 1 rings (SSSR count). The Morgan fingerprint density at radius 2 is 2.10 bits per heavy atom. The predicted octanol–water partition coefficient (Wildman–Crippen LogP) is 1.78. The number of hydrogen-bond donors (Lipinski definition) is 2. The quantitative estimate of drug-likeness (QED) is 0.869. The highest BCUT2D eigenvalue weighted by Crippen LogP contribution is 2.30. The van der Waals surface area contributed by atoms with Crippen LogP contribution in [0.4, 0.5) is 13.2 Å². The number of carbonyl (C=O) groups is 1. The number of rotatable bonds is 5. The van der Waals surface area contributed by atoms with Crippen molar-refractivity contribution in [3.8, 4) is 0 Å². The van der Waals surface area contributed by atoms with Crippen molar-refractivity contribution in [1.29, 1.82) is 0 Å². The minimum atomic E-state index is -4.99. The third-order valence-electron chi connectivity index (χ3n) is 3.26. The van der Waals surface area contributed by atoms with Gasteiger partial charge < -0.3 is 15.0 Å². The monoisotopic (exact) mass is 292 g/mol. The van der Waals surface area contributed by atoms with E-state index in [0.717, 1.165) is 5.69 Å². The van der Waals surface area contributed by atoms with E-state index in [-0.39, 0.29) is 0 Å². The van der Waals surface area contributed by atoms with Crippen LogP contribution in [-0.4, -0.2) is 33.4 Å². The fourth-order valence-corrected chi connectivity index (χ4v) is 1.69. The molecular formula is C13H19F3N2O2. The normalized spacial score (nSPS) is 16.6. The van der Waals surface area contributed by atoms with Crippen LogP contribution in [0.25, 0.3) is 0 Å². The molecule has 0 radical (unpaired) electrons. The Balaban J connectivity index is 2.52. The standard InChI is InChI=1S/C13H19F3N2O2/c1-9(6-7-10-5-4-8-18(10)3)17-11(19)12(2,20)13(14,15)16/h4-5,8-9,20H,6-7H2,1-3H3,(H,17,19). The van der Waals surface area contributed by atoms with E-state index < -0.39 is 23.7 Å². The van der Waals surface area contributed by atoms with Gasteiger partial charge >= 0.3 is 6.18 Å². The second-order valence-electron chi connectivity index (χ2n) is 5.09. The number of carbonyl (C=O) groups excluding carboxylic acids is 1. The number of aliphatic hydroxyl groups is 1. The second-order valence-corrected chi connectivity index (χ2v) is 5.09. The lowest BCUT2D eigenvalue weighted by Gasteiger charge is -2.26. The zero-order valence-electron chi connectivity index (χ0n) is 11.7. The molecule has 1 aromatic rings. The van der Waals surface area contributed by atoms with E-state index in [2.05, 4.69) is 5.32 Å². The van der Waals surface area contributed by atoms with E-state index in [1.807, 2.05) is 29.9 Å². The van der Waals surface area contributed by atoms with Gasteiger partial charge in [0.25, 0.3) is 5.91 Å². The average molecular weight is 292 g/mol. The fraction of sp³-hybridized carbons (Fsp3) is 0.615. The van der Waals surface area contributed by atoms with E-state index in [1.165, 1.54) is 0 Å². The highest BCUT2D eigenvalue weighted by molar-refractivity contribution is 5.85. The number of aryl methyl sites for hydroxylation is 2. The third kappa shape index (κ3) is 3.75. The van der Waals surface area contributed by atoms with Crippen molar-refractivity contribution < 1.29 is 23.1 Å². The number of nitrogens with zero attached hydrogens (tertiary/aromatic N) is 1. The maximum Gasteiger partial charge on any atom is 0.426 e. The molecule has 0 aromatic carbocycles. The van der Waals surface area contributed by atoms with Gasteiger partial charge in [-0.05, 0) is 38.8 Å². The molecule has 114 valence electrons. The van der Waals surface area contributed by atoms with E-state index in [4.69, 9.17) is 0 Å². The molecule has 0 saturated carbocycles. The number of alkyl halides is 3. The van der Waals surface area contributed by atoms with Crippen molar-refractivity contribution in [2.24, 2.45) is 7.05 Å². The van der Waals surface area contributed by atoms with Gasteiger partial charge in [-0.2, -0.15) is 13.2 Å². The molecule has 0 spiro atoms. The van der Waals surface area contributed by atoms with E-state index >= 15 is 0 Å². The molecule has 2 unspecified atom stereocenters. The van der Waals surface area contributed by atoms with Crippen molar-refractivity contribution in [3.63, 3.8) is 0 Å². The first-order chi connectivity index (χ1) is 9.05. The van der Waals surface area contributed by atoms with E-state index in [0.29, 0.717) is 19.8 Å². The summed E-state index contributed by atoms with van der Waals surface area (Å²) in [5.41, 5.74) is -2.35. The smallest absolute Gasteiger partial charge is 0.373 e. The van der Waals surface area contributed by atoms with Crippen molar-refractivity contribution in [2.45, 2.75) is 44.5 Å². The number of halogens is 3. The molecule has 0 aliphatic rings. The van der Waals surface area contributed by atoms with Gasteiger partial charge in [-0.1, -0.05) is 0 Å². The Hall–Kier alpha value is -1.50. The minimum absolute atomic E-state index is 0.451. The lowest BCUT2D eigenvalue weighted by Crippen LogP contribution is -2.56. The van der Waals surface area contributed by atoms with Gasteiger partial charge in [0.2, 0.25) is 5.60 Å². The number of amides is 1. The Morgan fingerprint density at radius 3 is 2.55 bits per heavy atom. The largest absolute Gasteiger partial charge is 0.426 e. The highest BCUT2D eigenvalue weighted by atomic mass is 19.4. The molecule has 1 heterocycles. The van der Waals surface area contributed by atoms with Crippen LogP contribution < -0.4 is 5.32 Å². The summed E-state index contributed by atoms with van der Waals surface area (Å²) in [4.78, 5) is 11.5. The van der Waals surface area contributed by atoms with Gasteiger partial charge in [0.1, 0.15) is 0 Å². The average Bonchev–Trinajstić information content (AvgIpc) is 2.70. The lowest BCUT2D eigenvalue weighted by molar-refractivity contribution is -0.245. The fourth-order valence-electron chi connectivity index (χ4n) is 1.69. The molecule has 20 heavy (non-hydrogen) atoms.